The summed E-state index contributed by atoms with van der Waals surface area (Å²) in [5.41, 5.74) is 2.15. The molecule has 0 atom stereocenters. The molecule has 0 spiro atoms. The van der Waals surface area contributed by atoms with Crippen molar-refractivity contribution in [3.8, 4) is 0 Å². The summed E-state index contributed by atoms with van der Waals surface area (Å²) >= 11 is 12.7. The van der Waals surface area contributed by atoms with Crippen molar-refractivity contribution < 1.29 is 9.90 Å². The van der Waals surface area contributed by atoms with Crippen LogP contribution in [-0.2, 0) is 6.54 Å². The van der Waals surface area contributed by atoms with Crippen molar-refractivity contribution in [3.63, 3.8) is 0 Å². The summed E-state index contributed by atoms with van der Waals surface area (Å²) in [6, 6.07) is 10.5. The lowest BCUT2D eigenvalue weighted by molar-refractivity contribution is 0.0697. The van der Waals surface area contributed by atoms with Crippen LogP contribution in [0.4, 0.5) is 5.69 Å². The van der Waals surface area contributed by atoms with E-state index in [9.17, 15) is 4.79 Å². The molecule has 0 amide bonds. The highest BCUT2D eigenvalue weighted by Gasteiger charge is 2.07. The first-order valence-electron chi connectivity index (χ1n) is 5.68. The van der Waals surface area contributed by atoms with Crippen molar-refractivity contribution in [1.29, 1.82) is 0 Å². The van der Waals surface area contributed by atoms with E-state index < -0.39 is 5.97 Å². The maximum atomic E-state index is 10.9. The van der Waals surface area contributed by atoms with Gasteiger partial charge in [-0.25, -0.2) is 4.79 Å². The number of carbonyl (C=O) groups is 1. The van der Waals surface area contributed by atoms with Crippen LogP contribution < -0.4 is 5.32 Å². The van der Waals surface area contributed by atoms with Gasteiger partial charge in [0, 0.05) is 26.2 Å². The molecule has 0 saturated carbocycles. The Labute approximate surface area is 138 Å². The minimum Gasteiger partial charge on any atom is -0.478 e. The second kappa shape index (κ2) is 6.61. The summed E-state index contributed by atoms with van der Waals surface area (Å²) in [6.45, 7) is 0.570. The first kappa shape index (κ1) is 15.4. The lowest BCUT2D eigenvalue weighted by Gasteiger charge is -2.10. The first-order chi connectivity index (χ1) is 9.47. The summed E-state index contributed by atoms with van der Waals surface area (Å²) in [7, 11) is 0. The summed E-state index contributed by atoms with van der Waals surface area (Å²) in [5, 5.41) is 12.8. The van der Waals surface area contributed by atoms with Crippen LogP contribution >= 0.6 is 43.5 Å². The Bertz CT molecular complexity index is 662. The van der Waals surface area contributed by atoms with Crippen molar-refractivity contribution in [2.45, 2.75) is 6.54 Å². The largest absolute Gasteiger partial charge is 0.478 e. The molecule has 0 aromatic heterocycles. The van der Waals surface area contributed by atoms with Crippen LogP contribution in [0, 0.1) is 0 Å². The van der Waals surface area contributed by atoms with E-state index in [-0.39, 0.29) is 5.56 Å². The second-order valence-electron chi connectivity index (χ2n) is 4.09. The molecule has 104 valence electrons. The molecule has 20 heavy (non-hydrogen) atoms. The number of carboxylic acids is 1. The number of benzene rings is 2. The molecule has 0 aliphatic heterocycles. The average molecular weight is 420 g/mol. The second-order valence-corrected chi connectivity index (χ2v) is 6.23. The predicted octanol–water partition coefficient (Wildman–Crippen LogP) is 5.18. The van der Waals surface area contributed by atoms with Gasteiger partial charge in [-0.1, -0.05) is 33.6 Å². The van der Waals surface area contributed by atoms with E-state index in [1.165, 1.54) is 0 Å². The molecule has 0 fully saturated rings. The molecule has 0 radical (unpaired) electrons. The topological polar surface area (TPSA) is 49.3 Å². The average Bonchev–Trinajstić information content (AvgIpc) is 2.38. The number of carboxylic acid groups (broad SMARTS) is 1. The van der Waals surface area contributed by atoms with Crippen LogP contribution in [-0.4, -0.2) is 11.1 Å². The molecule has 6 heteroatoms. The standard InChI is InChI=1S/C14H10Br2ClNO2/c15-11-5-8(14(19)20)1-2-9(11)7-18-13-4-3-10(17)6-12(13)16/h1-6,18H,7H2,(H,19,20). The number of anilines is 1. The molecule has 2 rings (SSSR count). The molecular formula is C14H10Br2ClNO2. The summed E-state index contributed by atoms with van der Waals surface area (Å²) in [6.07, 6.45) is 0. The molecule has 2 aromatic carbocycles. The van der Waals surface area contributed by atoms with E-state index in [0.29, 0.717) is 11.6 Å². The fourth-order valence-corrected chi connectivity index (χ4v) is 2.99. The van der Waals surface area contributed by atoms with Gasteiger partial charge in [0.15, 0.2) is 0 Å². The van der Waals surface area contributed by atoms with E-state index in [1.807, 2.05) is 12.1 Å². The Hall–Kier alpha value is -1.04. The molecule has 2 N–H and O–H groups in total. The number of hydrogen-bond donors (Lipinski definition) is 2. The van der Waals surface area contributed by atoms with Gasteiger partial charge in [0.25, 0.3) is 0 Å². The summed E-state index contributed by atoms with van der Waals surface area (Å²) in [4.78, 5) is 10.9. The van der Waals surface area contributed by atoms with Crippen LogP contribution in [0.1, 0.15) is 15.9 Å². The molecule has 0 aliphatic rings. The monoisotopic (exact) mass is 417 g/mol. The highest BCUT2D eigenvalue weighted by molar-refractivity contribution is 9.11. The highest BCUT2D eigenvalue weighted by atomic mass is 79.9. The van der Waals surface area contributed by atoms with Crippen LogP contribution in [0.5, 0.6) is 0 Å². The fraction of sp³-hybridized carbons (Fsp3) is 0.0714. The Kier molecular flexibility index (Phi) is 5.07. The Morgan fingerprint density at radius 2 is 1.90 bits per heavy atom. The van der Waals surface area contributed by atoms with Crippen molar-refractivity contribution in [2.75, 3.05) is 5.32 Å². The van der Waals surface area contributed by atoms with Gasteiger partial charge >= 0.3 is 5.97 Å². The van der Waals surface area contributed by atoms with Gasteiger partial charge in [-0.15, -0.1) is 0 Å². The number of halogens is 3. The van der Waals surface area contributed by atoms with Crippen molar-refractivity contribution in [2.24, 2.45) is 0 Å². The zero-order valence-corrected chi connectivity index (χ0v) is 14.1. The van der Waals surface area contributed by atoms with Crippen molar-refractivity contribution in [3.05, 3.63) is 61.5 Å². The molecule has 0 aliphatic carbocycles. The van der Waals surface area contributed by atoms with Crippen molar-refractivity contribution >= 4 is 55.1 Å². The van der Waals surface area contributed by atoms with Gasteiger partial charge in [-0.3, -0.25) is 0 Å². The Balaban J connectivity index is 2.13. The zero-order valence-electron chi connectivity index (χ0n) is 10.2. The summed E-state index contributed by atoms with van der Waals surface area (Å²) < 4.78 is 1.64. The SMILES string of the molecule is O=C(O)c1ccc(CNc2ccc(Cl)cc2Br)c(Br)c1. The maximum absolute atomic E-state index is 10.9. The normalized spacial score (nSPS) is 10.3. The first-order valence-corrected chi connectivity index (χ1v) is 7.64. The number of nitrogens with one attached hydrogen (secondary N) is 1. The van der Waals surface area contributed by atoms with Gasteiger partial charge in [0.05, 0.1) is 5.56 Å². The minimum absolute atomic E-state index is 0.258. The Morgan fingerprint density at radius 3 is 2.50 bits per heavy atom. The quantitative estimate of drug-likeness (QED) is 0.718. The van der Waals surface area contributed by atoms with Gasteiger partial charge in [-0.2, -0.15) is 0 Å². The number of rotatable bonds is 4. The van der Waals surface area contributed by atoms with E-state index in [2.05, 4.69) is 37.2 Å². The van der Waals surface area contributed by atoms with E-state index in [1.54, 1.807) is 24.3 Å². The van der Waals surface area contributed by atoms with Crippen LogP contribution in [0.15, 0.2) is 45.3 Å². The van der Waals surface area contributed by atoms with Gasteiger partial charge in [0.1, 0.15) is 0 Å². The minimum atomic E-state index is -0.939. The molecule has 3 nitrogen and oxygen atoms in total. The molecule has 2 aromatic rings. The molecule has 0 unspecified atom stereocenters. The van der Waals surface area contributed by atoms with Crippen molar-refractivity contribution in [1.82, 2.24) is 0 Å². The van der Waals surface area contributed by atoms with E-state index in [4.69, 9.17) is 16.7 Å². The molecule has 0 saturated heterocycles. The molecular weight excluding hydrogens is 409 g/mol. The van der Waals surface area contributed by atoms with Gasteiger partial charge in [-0.05, 0) is 51.8 Å². The van der Waals surface area contributed by atoms with Crippen LogP contribution in [0.25, 0.3) is 0 Å². The number of aromatic carboxylic acids is 1. The smallest absolute Gasteiger partial charge is 0.335 e. The fourth-order valence-electron chi connectivity index (χ4n) is 1.65. The summed E-state index contributed by atoms with van der Waals surface area (Å²) in [5.74, 6) is -0.939. The molecule has 0 heterocycles. The third-order valence-electron chi connectivity index (χ3n) is 2.70. The lowest BCUT2D eigenvalue weighted by atomic mass is 10.1. The Morgan fingerprint density at radius 1 is 1.15 bits per heavy atom. The predicted molar refractivity (Wildman–Crippen MR) is 87.6 cm³/mol. The van der Waals surface area contributed by atoms with Gasteiger partial charge in [0.2, 0.25) is 0 Å². The third kappa shape index (κ3) is 3.75. The number of hydrogen-bond acceptors (Lipinski definition) is 2. The zero-order chi connectivity index (χ0) is 14.7. The van der Waals surface area contributed by atoms with Crippen LogP contribution in [0.2, 0.25) is 5.02 Å². The van der Waals surface area contributed by atoms with E-state index in [0.717, 1.165) is 20.2 Å². The van der Waals surface area contributed by atoms with E-state index >= 15 is 0 Å². The molecule has 0 bridgehead atoms. The van der Waals surface area contributed by atoms with Crippen LogP contribution in [0.3, 0.4) is 0 Å². The maximum Gasteiger partial charge on any atom is 0.335 e. The highest BCUT2D eigenvalue weighted by Crippen LogP contribution is 2.27. The lowest BCUT2D eigenvalue weighted by Crippen LogP contribution is -2.03. The van der Waals surface area contributed by atoms with Gasteiger partial charge < -0.3 is 10.4 Å². The third-order valence-corrected chi connectivity index (χ3v) is 4.33.